The molecule has 0 unspecified atom stereocenters. The maximum absolute atomic E-state index is 13.2. The van der Waals surface area contributed by atoms with Crippen molar-refractivity contribution in [3.8, 4) is 0 Å². The molecule has 6 nitrogen and oxygen atoms in total. The number of nitrogens with zero attached hydrogens (tertiary/aromatic N) is 5. The van der Waals surface area contributed by atoms with Gasteiger partial charge in [-0.05, 0) is 48.7 Å². The van der Waals surface area contributed by atoms with E-state index in [-0.39, 0.29) is 11.6 Å². The average molecular weight is 418 g/mol. The molecule has 0 aliphatic carbocycles. The van der Waals surface area contributed by atoms with Gasteiger partial charge in [0.25, 0.3) is 5.91 Å². The van der Waals surface area contributed by atoms with Crippen LogP contribution in [0.15, 0.2) is 61.3 Å². The first kappa shape index (κ1) is 19.9. The number of hydrogen-bond donors (Lipinski definition) is 0. The fourth-order valence-electron chi connectivity index (χ4n) is 3.45. The molecule has 4 aromatic rings. The average Bonchev–Trinajstić information content (AvgIpc) is 2.75. The van der Waals surface area contributed by atoms with Crippen LogP contribution < -0.4 is 0 Å². The van der Waals surface area contributed by atoms with Gasteiger partial charge in [-0.1, -0.05) is 23.7 Å². The van der Waals surface area contributed by atoms with Crippen molar-refractivity contribution in [3.05, 3.63) is 94.4 Å². The van der Waals surface area contributed by atoms with Crippen molar-refractivity contribution in [2.45, 2.75) is 26.9 Å². The predicted octanol–water partition coefficient (Wildman–Crippen LogP) is 4.53. The molecule has 0 saturated heterocycles. The highest BCUT2D eigenvalue weighted by Gasteiger charge is 2.20. The molecule has 0 bridgehead atoms. The van der Waals surface area contributed by atoms with Crippen LogP contribution in [-0.4, -0.2) is 30.7 Å². The first-order valence-electron chi connectivity index (χ1n) is 9.52. The van der Waals surface area contributed by atoms with Crippen molar-refractivity contribution in [2.24, 2.45) is 0 Å². The van der Waals surface area contributed by atoms with Gasteiger partial charge in [0.15, 0.2) is 0 Å². The van der Waals surface area contributed by atoms with E-state index in [0.717, 1.165) is 33.2 Å². The number of benzene rings is 1. The quantitative estimate of drug-likeness (QED) is 0.446. The number of rotatable bonds is 5. The number of aromatic nitrogens is 4. The normalized spacial score (nSPS) is 10.9. The van der Waals surface area contributed by atoms with Gasteiger partial charge in [-0.25, -0.2) is 9.97 Å². The number of carbonyl (C=O) groups excluding carboxylic acids is 1. The maximum atomic E-state index is 13.2. The fraction of sp³-hybridized carbons (Fsp3) is 0.174. The lowest BCUT2D eigenvalue weighted by atomic mass is 10.0. The zero-order valence-corrected chi connectivity index (χ0v) is 17.5. The van der Waals surface area contributed by atoms with Gasteiger partial charge in [-0.2, -0.15) is 0 Å². The second kappa shape index (κ2) is 8.55. The third-order valence-electron chi connectivity index (χ3n) is 4.84. The summed E-state index contributed by atoms with van der Waals surface area (Å²) in [5.74, 6) is -0.233. The first-order chi connectivity index (χ1) is 14.5. The van der Waals surface area contributed by atoms with Crippen molar-refractivity contribution in [3.63, 3.8) is 0 Å². The van der Waals surface area contributed by atoms with Crippen LogP contribution in [0.4, 0.5) is 0 Å². The largest absolute Gasteiger partial charge is 0.328 e. The predicted molar refractivity (Wildman–Crippen MR) is 116 cm³/mol. The van der Waals surface area contributed by atoms with Gasteiger partial charge in [0.1, 0.15) is 10.8 Å². The van der Waals surface area contributed by atoms with Gasteiger partial charge in [0.2, 0.25) is 0 Å². The summed E-state index contributed by atoms with van der Waals surface area (Å²) in [7, 11) is 0. The summed E-state index contributed by atoms with van der Waals surface area (Å²) >= 11 is 6.52. The summed E-state index contributed by atoms with van der Waals surface area (Å²) < 4.78 is 0. The maximum Gasteiger partial charge on any atom is 0.274 e. The molecule has 0 radical (unpaired) electrons. The van der Waals surface area contributed by atoms with E-state index in [1.54, 1.807) is 17.3 Å². The van der Waals surface area contributed by atoms with Crippen LogP contribution in [0, 0.1) is 13.8 Å². The lowest BCUT2D eigenvalue weighted by Gasteiger charge is -2.23. The standard InChI is InChI=1S/C23H20ClN5O/c1-15-8-16(2)19-10-18(22(24)28-20(19)9-15)14-29(13-17-4-3-5-25-11-17)23(30)21-12-26-6-7-27-21/h3-12H,13-14H2,1-2H3. The summed E-state index contributed by atoms with van der Waals surface area (Å²) in [4.78, 5) is 31.8. The Morgan fingerprint density at radius 1 is 1.03 bits per heavy atom. The van der Waals surface area contributed by atoms with Crippen molar-refractivity contribution < 1.29 is 4.79 Å². The summed E-state index contributed by atoms with van der Waals surface area (Å²) in [6, 6.07) is 9.91. The number of halogens is 1. The number of aryl methyl sites for hydroxylation is 2. The summed E-state index contributed by atoms with van der Waals surface area (Å²) in [6.45, 7) is 4.74. The number of hydrogen-bond acceptors (Lipinski definition) is 5. The van der Waals surface area contributed by atoms with Crippen molar-refractivity contribution in [1.29, 1.82) is 0 Å². The van der Waals surface area contributed by atoms with Crippen molar-refractivity contribution in [1.82, 2.24) is 24.8 Å². The van der Waals surface area contributed by atoms with E-state index in [2.05, 4.69) is 26.0 Å². The van der Waals surface area contributed by atoms with Gasteiger partial charge in [0.05, 0.1) is 11.7 Å². The molecule has 0 N–H and O–H groups in total. The SMILES string of the molecule is Cc1cc(C)c2cc(CN(Cc3cccnc3)C(=O)c3cnccn3)c(Cl)nc2c1. The van der Waals surface area contributed by atoms with Crippen LogP contribution in [0.1, 0.15) is 32.7 Å². The van der Waals surface area contributed by atoms with Crippen LogP contribution in [0.2, 0.25) is 5.15 Å². The molecule has 1 aromatic carbocycles. The van der Waals surface area contributed by atoms with Crippen molar-refractivity contribution in [2.75, 3.05) is 0 Å². The molecule has 30 heavy (non-hydrogen) atoms. The number of carbonyl (C=O) groups is 1. The van der Waals surface area contributed by atoms with E-state index in [4.69, 9.17) is 11.6 Å². The Labute approximate surface area is 179 Å². The van der Waals surface area contributed by atoms with E-state index < -0.39 is 0 Å². The Bertz CT molecular complexity index is 1200. The summed E-state index contributed by atoms with van der Waals surface area (Å²) in [6.07, 6.45) is 7.95. The monoisotopic (exact) mass is 417 g/mol. The molecule has 7 heteroatoms. The van der Waals surface area contributed by atoms with E-state index in [1.807, 2.05) is 38.1 Å². The van der Waals surface area contributed by atoms with E-state index in [1.165, 1.54) is 18.6 Å². The highest BCUT2D eigenvalue weighted by Crippen LogP contribution is 2.26. The van der Waals surface area contributed by atoms with Crippen LogP contribution in [0.5, 0.6) is 0 Å². The fourth-order valence-corrected chi connectivity index (χ4v) is 3.65. The second-order valence-corrected chi connectivity index (χ2v) is 7.56. The molecule has 0 aliphatic rings. The second-order valence-electron chi connectivity index (χ2n) is 7.20. The third kappa shape index (κ3) is 4.28. The van der Waals surface area contributed by atoms with Gasteiger partial charge >= 0.3 is 0 Å². The molecular formula is C23H20ClN5O. The molecule has 3 heterocycles. The summed E-state index contributed by atoms with van der Waals surface area (Å²) in [5, 5.41) is 1.41. The first-order valence-corrected chi connectivity index (χ1v) is 9.89. The Hall–Kier alpha value is -3.38. The van der Waals surface area contributed by atoms with Gasteiger partial charge in [-0.3, -0.25) is 14.8 Å². The van der Waals surface area contributed by atoms with Gasteiger partial charge in [-0.15, -0.1) is 0 Å². The Morgan fingerprint density at radius 3 is 2.60 bits per heavy atom. The topological polar surface area (TPSA) is 71.9 Å². The lowest BCUT2D eigenvalue weighted by molar-refractivity contribution is 0.0723. The van der Waals surface area contributed by atoms with Crippen LogP contribution in [0.25, 0.3) is 10.9 Å². The smallest absolute Gasteiger partial charge is 0.274 e. The molecule has 3 aromatic heterocycles. The Kier molecular flexibility index (Phi) is 5.68. The third-order valence-corrected chi connectivity index (χ3v) is 5.17. The lowest BCUT2D eigenvalue weighted by Crippen LogP contribution is -2.31. The molecule has 0 atom stereocenters. The van der Waals surface area contributed by atoms with Crippen LogP contribution in [0.3, 0.4) is 0 Å². The molecule has 4 rings (SSSR count). The zero-order valence-electron chi connectivity index (χ0n) is 16.7. The van der Waals surface area contributed by atoms with E-state index >= 15 is 0 Å². The highest BCUT2D eigenvalue weighted by molar-refractivity contribution is 6.30. The minimum atomic E-state index is -0.233. The van der Waals surface area contributed by atoms with E-state index in [0.29, 0.717) is 18.2 Å². The minimum Gasteiger partial charge on any atom is -0.328 e. The van der Waals surface area contributed by atoms with Gasteiger partial charge in [0, 0.05) is 48.8 Å². The molecule has 0 saturated carbocycles. The Morgan fingerprint density at radius 2 is 1.87 bits per heavy atom. The van der Waals surface area contributed by atoms with Gasteiger partial charge < -0.3 is 4.90 Å². The highest BCUT2D eigenvalue weighted by atomic mass is 35.5. The van der Waals surface area contributed by atoms with Crippen LogP contribution >= 0.6 is 11.6 Å². The molecular weight excluding hydrogens is 398 g/mol. The molecule has 0 spiro atoms. The summed E-state index contributed by atoms with van der Waals surface area (Å²) in [5.41, 5.74) is 5.06. The number of amides is 1. The van der Waals surface area contributed by atoms with E-state index in [9.17, 15) is 4.79 Å². The van der Waals surface area contributed by atoms with Crippen molar-refractivity contribution >= 4 is 28.4 Å². The number of fused-ring (bicyclic) bond motifs is 1. The molecule has 1 amide bonds. The minimum absolute atomic E-state index is 0.233. The molecule has 150 valence electrons. The molecule has 0 fully saturated rings. The zero-order chi connectivity index (χ0) is 21.1. The molecule has 0 aliphatic heterocycles. The number of pyridine rings is 2. The Balaban J connectivity index is 1.72. The van der Waals surface area contributed by atoms with Crippen LogP contribution in [-0.2, 0) is 13.1 Å².